The molecule has 1 aromatic rings. The molecule has 0 spiro atoms. The molecule has 0 amide bonds. The van der Waals surface area contributed by atoms with Gasteiger partial charge in [-0.15, -0.1) is 0 Å². The first-order valence-corrected chi connectivity index (χ1v) is 4.54. The standard InChI is InChI=1S/C10H12N2O2/c13-10(14)8-1-3-9(4-2-8)12-6-5-11-7-12/h1-4,11H,5-7H2,(H,13,14)/p-1. The highest BCUT2D eigenvalue weighted by molar-refractivity contribution is 5.86. The van der Waals surface area contributed by atoms with E-state index < -0.39 is 5.97 Å². The Bertz CT molecular complexity index is 328. The van der Waals surface area contributed by atoms with Crippen LogP contribution in [-0.4, -0.2) is 25.7 Å². The number of nitrogens with one attached hydrogen (secondary N) is 1. The maximum absolute atomic E-state index is 10.5. The average Bonchev–Trinajstić information content (AvgIpc) is 2.71. The number of hydrogen-bond donors (Lipinski definition) is 1. The van der Waals surface area contributed by atoms with E-state index in [1.54, 1.807) is 24.3 Å². The van der Waals surface area contributed by atoms with Gasteiger partial charge in [-0.1, -0.05) is 12.1 Å². The quantitative estimate of drug-likeness (QED) is 0.679. The molecule has 4 heteroatoms. The molecule has 0 unspecified atom stereocenters. The molecule has 0 bridgehead atoms. The minimum absolute atomic E-state index is 0.223. The Morgan fingerprint density at radius 3 is 2.57 bits per heavy atom. The first-order valence-electron chi connectivity index (χ1n) is 4.54. The van der Waals surface area contributed by atoms with E-state index in [4.69, 9.17) is 0 Å². The van der Waals surface area contributed by atoms with E-state index in [1.165, 1.54) is 0 Å². The van der Waals surface area contributed by atoms with E-state index in [0.717, 1.165) is 25.4 Å². The molecule has 1 N–H and O–H groups in total. The minimum atomic E-state index is -1.13. The highest BCUT2D eigenvalue weighted by Crippen LogP contribution is 2.15. The molecule has 2 rings (SSSR count). The van der Waals surface area contributed by atoms with E-state index in [9.17, 15) is 9.90 Å². The first kappa shape index (κ1) is 9.02. The Morgan fingerprint density at radius 2 is 2.07 bits per heavy atom. The summed E-state index contributed by atoms with van der Waals surface area (Å²) >= 11 is 0. The fraction of sp³-hybridized carbons (Fsp3) is 0.300. The second-order valence-corrected chi connectivity index (χ2v) is 3.26. The van der Waals surface area contributed by atoms with Crippen LogP contribution in [0.4, 0.5) is 5.69 Å². The predicted molar refractivity (Wildman–Crippen MR) is 51.0 cm³/mol. The van der Waals surface area contributed by atoms with Crippen LogP contribution in [0.5, 0.6) is 0 Å². The molecule has 1 saturated heterocycles. The van der Waals surface area contributed by atoms with Crippen LogP contribution in [0.1, 0.15) is 10.4 Å². The summed E-state index contributed by atoms with van der Waals surface area (Å²) in [6, 6.07) is 6.75. The summed E-state index contributed by atoms with van der Waals surface area (Å²) in [7, 11) is 0. The third-order valence-corrected chi connectivity index (χ3v) is 2.33. The molecule has 0 saturated carbocycles. The molecule has 14 heavy (non-hydrogen) atoms. The molecule has 0 aliphatic carbocycles. The summed E-state index contributed by atoms with van der Waals surface area (Å²) in [5.74, 6) is -1.13. The van der Waals surface area contributed by atoms with Gasteiger partial charge in [-0.2, -0.15) is 0 Å². The van der Waals surface area contributed by atoms with Crippen LogP contribution in [-0.2, 0) is 0 Å². The summed E-state index contributed by atoms with van der Waals surface area (Å²) in [5.41, 5.74) is 1.26. The van der Waals surface area contributed by atoms with Gasteiger partial charge in [0, 0.05) is 18.8 Å². The third-order valence-electron chi connectivity index (χ3n) is 2.33. The zero-order valence-electron chi connectivity index (χ0n) is 7.69. The second kappa shape index (κ2) is 3.67. The maximum Gasteiger partial charge on any atom is 0.0715 e. The van der Waals surface area contributed by atoms with Crippen molar-refractivity contribution in [2.75, 3.05) is 24.7 Å². The molecule has 1 heterocycles. The zero-order valence-corrected chi connectivity index (χ0v) is 7.69. The topological polar surface area (TPSA) is 55.4 Å². The van der Waals surface area contributed by atoms with Gasteiger partial charge in [-0.05, 0) is 17.7 Å². The minimum Gasteiger partial charge on any atom is -0.545 e. The Hall–Kier alpha value is -1.55. The van der Waals surface area contributed by atoms with Gasteiger partial charge in [0.1, 0.15) is 0 Å². The lowest BCUT2D eigenvalue weighted by Crippen LogP contribution is -2.23. The van der Waals surface area contributed by atoms with Crippen molar-refractivity contribution in [3.8, 4) is 0 Å². The lowest BCUT2D eigenvalue weighted by Gasteiger charge is -2.16. The van der Waals surface area contributed by atoms with Crippen LogP contribution in [0.25, 0.3) is 0 Å². The smallest absolute Gasteiger partial charge is 0.0715 e. The maximum atomic E-state index is 10.5. The summed E-state index contributed by atoms with van der Waals surface area (Å²) < 4.78 is 0. The van der Waals surface area contributed by atoms with Gasteiger partial charge in [0.05, 0.1) is 12.6 Å². The predicted octanol–water partition coefficient (Wildman–Crippen LogP) is -0.583. The molecular formula is C10H11N2O2-. The fourth-order valence-corrected chi connectivity index (χ4v) is 1.54. The van der Waals surface area contributed by atoms with Crippen molar-refractivity contribution < 1.29 is 9.90 Å². The van der Waals surface area contributed by atoms with Crippen molar-refractivity contribution in [3.05, 3.63) is 29.8 Å². The van der Waals surface area contributed by atoms with E-state index in [0.29, 0.717) is 0 Å². The highest BCUT2D eigenvalue weighted by atomic mass is 16.4. The van der Waals surface area contributed by atoms with Crippen LogP contribution in [0, 0.1) is 0 Å². The van der Waals surface area contributed by atoms with Gasteiger partial charge >= 0.3 is 0 Å². The van der Waals surface area contributed by atoms with Gasteiger partial charge in [0.2, 0.25) is 0 Å². The van der Waals surface area contributed by atoms with Crippen molar-refractivity contribution in [2.45, 2.75) is 0 Å². The van der Waals surface area contributed by atoms with Crippen LogP contribution < -0.4 is 15.3 Å². The van der Waals surface area contributed by atoms with E-state index in [-0.39, 0.29) is 5.56 Å². The summed E-state index contributed by atoms with van der Waals surface area (Å²) in [5, 5.41) is 13.7. The molecule has 1 aromatic carbocycles. The van der Waals surface area contributed by atoms with Crippen molar-refractivity contribution in [2.24, 2.45) is 0 Å². The van der Waals surface area contributed by atoms with Crippen LogP contribution in [0.15, 0.2) is 24.3 Å². The molecule has 4 nitrogen and oxygen atoms in total. The second-order valence-electron chi connectivity index (χ2n) is 3.26. The monoisotopic (exact) mass is 191 g/mol. The van der Waals surface area contributed by atoms with Gasteiger partial charge in [0.25, 0.3) is 0 Å². The van der Waals surface area contributed by atoms with Gasteiger partial charge in [-0.25, -0.2) is 0 Å². The van der Waals surface area contributed by atoms with Crippen LogP contribution in [0.2, 0.25) is 0 Å². The lowest BCUT2D eigenvalue weighted by atomic mass is 10.2. The molecule has 1 aliphatic rings. The first-order chi connectivity index (χ1) is 6.77. The average molecular weight is 191 g/mol. The molecular weight excluding hydrogens is 180 g/mol. The number of hydrogen-bond acceptors (Lipinski definition) is 4. The number of rotatable bonds is 2. The fourth-order valence-electron chi connectivity index (χ4n) is 1.54. The number of carboxylic acid groups (broad SMARTS) is 1. The SMILES string of the molecule is O=C([O-])c1ccc(N2CCNC2)cc1. The Kier molecular flexibility index (Phi) is 2.37. The van der Waals surface area contributed by atoms with Gasteiger partial charge < -0.3 is 14.8 Å². The Labute approximate surface area is 82.2 Å². The highest BCUT2D eigenvalue weighted by Gasteiger charge is 2.10. The van der Waals surface area contributed by atoms with Gasteiger partial charge in [-0.3, -0.25) is 5.32 Å². The van der Waals surface area contributed by atoms with Crippen molar-refractivity contribution in [3.63, 3.8) is 0 Å². The zero-order chi connectivity index (χ0) is 9.97. The van der Waals surface area contributed by atoms with E-state index in [1.807, 2.05) is 0 Å². The van der Waals surface area contributed by atoms with Crippen molar-refractivity contribution in [1.82, 2.24) is 5.32 Å². The van der Waals surface area contributed by atoms with Gasteiger partial charge in [0.15, 0.2) is 0 Å². The summed E-state index contributed by atoms with van der Waals surface area (Å²) in [6.07, 6.45) is 0. The Balaban J connectivity index is 2.16. The molecule has 0 aromatic heterocycles. The van der Waals surface area contributed by atoms with Crippen LogP contribution in [0.3, 0.4) is 0 Å². The number of carbonyl (C=O) groups is 1. The number of nitrogens with zero attached hydrogens (tertiary/aromatic N) is 1. The van der Waals surface area contributed by atoms with Crippen molar-refractivity contribution in [1.29, 1.82) is 0 Å². The molecule has 74 valence electrons. The summed E-state index contributed by atoms with van der Waals surface area (Å²) in [6.45, 7) is 2.76. The molecule has 1 aliphatic heterocycles. The molecule has 0 radical (unpaired) electrons. The number of carbonyl (C=O) groups excluding carboxylic acids is 1. The summed E-state index contributed by atoms with van der Waals surface area (Å²) in [4.78, 5) is 12.6. The lowest BCUT2D eigenvalue weighted by molar-refractivity contribution is -0.255. The normalized spacial score (nSPS) is 15.9. The Morgan fingerprint density at radius 1 is 1.36 bits per heavy atom. The van der Waals surface area contributed by atoms with E-state index >= 15 is 0 Å². The number of carboxylic acids is 1. The van der Waals surface area contributed by atoms with Crippen molar-refractivity contribution >= 4 is 11.7 Å². The number of benzene rings is 1. The molecule has 1 fully saturated rings. The number of anilines is 1. The third kappa shape index (κ3) is 1.70. The molecule has 0 atom stereocenters. The van der Waals surface area contributed by atoms with E-state index in [2.05, 4.69) is 10.2 Å². The largest absolute Gasteiger partial charge is 0.545 e. The van der Waals surface area contributed by atoms with Crippen LogP contribution >= 0.6 is 0 Å². The number of aromatic carboxylic acids is 1.